The molecule has 0 aliphatic heterocycles. The van der Waals surface area contributed by atoms with Gasteiger partial charge in [0.25, 0.3) is 10.0 Å². The van der Waals surface area contributed by atoms with Gasteiger partial charge in [0, 0.05) is 17.5 Å². The van der Waals surface area contributed by atoms with E-state index in [9.17, 15) is 18.0 Å². The number of anilines is 1. The van der Waals surface area contributed by atoms with E-state index in [0.717, 1.165) is 32.3 Å². The minimum Gasteiger partial charge on any atom is -0.352 e. The van der Waals surface area contributed by atoms with Crippen molar-refractivity contribution in [2.45, 2.75) is 75.9 Å². The maximum atomic E-state index is 14.2. The lowest BCUT2D eigenvalue weighted by Crippen LogP contribution is -2.53. The Kier molecular flexibility index (Phi) is 11.4. The Bertz CT molecular complexity index is 1420. The van der Waals surface area contributed by atoms with Gasteiger partial charge in [0.05, 0.1) is 10.6 Å². The lowest BCUT2D eigenvalue weighted by molar-refractivity contribution is -0.140. The SMILES string of the molecule is CC[C@H](C)NC(=O)[C@H](CC)N(Cc1cccc(C)c1)C(=O)CN(c1ccc(C)cc1)S(=O)(=O)c1ccc(SC)cc1. The van der Waals surface area contributed by atoms with Gasteiger partial charge in [-0.25, -0.2) is 8.42 Å². The molecule has 9 heteroatoms. The fourth-order valence-corrected chi connectivity index (χ4v) is 6.30. The van der Waals surface area contributed by atoms with Crippen LogP contribution in [0, 0.1) is 13.8 Å². The summed E-state index contributed by atoms with van der Waals surface area (Å²) in [6, 6.07) is 20.6. The maximum absolute atomic E-state index is 14.2. The van der Waals surface area contributed by atoms with Gasteiger partial charge in [0.2, 0.25) is 11.8 Å². The summed E-state index contributed by atoms with van der Waals surface area (Å²) >= 11 is 1.52. The first-order valence-corrected chi connectivity index (χ1v) is 16.5. The second kappa shape index (κ2) is 14.5. The van der Waals surface area contributed by atoms with Crippen LogP contribution in [0.1, 0.15) is 50.3 Å². The first-order valence-electron chi connectivity index (χ1n) is 13.9. The Morgan fingerprint density at radius 1 is 0.902 bits per heavy atom. The smallest absolute Gasteiger partial charge is 0.264 e. The fraction of sp³-hybridized carbons (Fsp3) is 0.375. The van der Waals surface area contributed by atoms with Crippen molar-refractivity contribution >= 4 is 39.3 Å². The van der Waals surface area contributed by atoms with Crippen LogP contribution in [-0.4, -0.2) is 50.0 Å². The number of rotatable bonds is 13. The minimum atomic E-state index is -4.10. The Labute approximate surface area is 249 Å². The molecule has 0 spiro atoms. The molecule has 2 amide bonds. The number of nitrogens with one attached hydrogen (secondary N) is 1. The predicted octanol–water partition coefficient (Wildman–Crippen LogP) is 5.94. The Morgan fingerprint density at radius 2 is 1.56 bits per heavy atom. The molecule has 0 aliphatic rings. The van der Waals surface area contributed by atoms with Crippen molar-refractivity contribution in [3.05, 3.63) is 89.5 Å². The molecule has 41 heavy (non-hydrogen) atoms. The Morgan fingerprint density at radius 3 is 2.12 bits per heavy atom. The molecule has 0 saturated heterocycles. The van der Waals surface area contributed by atoms with Crippen LogP contribution in [0.2, 0.25) is 0 Å². The molecule has 7 nitrogen and oxygen atoms in total. The summed E-state index contributed by atoms with van der Waals surface area (Å²) in [5.41, 5.74) is 3.25. The molecule has 3 rings (SSSR count). The van der Waals surface area contributed by atoms with Crippen LogP contribution in [0.15, 0.2) is 82.6 Å². The van der Waals surface area contributed by atoms with E-state index >= 15 is 0 Å². The average molecular weight is 596 g/mol. The first kappa shape index (κ1) is 32.2. The number of thioether (sulfide) groups is 1. The standard InChI is InChI=1S/C32H41N3O4S2/c1-7-25(5)33-32(37)30(8-2)34(21-26-11-9-10-24(4)20-26)31(36)22-35(27-14-12-23(3)13-15-27)41(38,39)29-18-16-28(40-6)17-19-29/h9-20,25,30H,7-8,21-22H2,1-6H3,(H,33,37)/t25-,30-/m0/s1. The Hall–Kier alpha value is -3.30. The molecule has 0 unspecified atom stereocenters. The van der Waals surface area contributed by atoms with E-state index in [1.165, 1.54) is 16.7 Å². The number of aryl methyl sites for hydroxylation is 2. The highest BCUT2D eigenvalue weighted by atomic mass is 32.2. The van der Waals surface area contributed by atoms with Gasteiger partial charge in [-0.15, -0.1) is 11.8 Å². The Balaban J connectivity index is 2.05. The van der Waals surface area contributed by atoms with Crippen molar-refractivity contribution in [2.75, 3.05) is 17.1 Å². The van der Waals surface area contributed by atoms with Crippen LogP contribution in [0.5, 0.6) is 0 Å². The van der Waals surface area contributed by atoms with Gasteiger partial charge < -0.3 is 10.2 Å². The van der Waals surface area contributed by atoms with Gasteiger partial charge in [-0.1, -0.05) is 61.4 Å². The molecule has 3 aromatic carbocycles. The third-order valence-corrected chi connectivity index (χ3v) is 9.60. The summed E-state index contributed by atoms with van der Waals surface area (Å²) in [5, 5.41) is 3.00. The molecule has 0 aliphatic carbocycles. The maximum Gasteiger partial charge on any atom is 0.264 e. The number of amides is 2. The largest absolute Gasteiger partial charge is 0.352 e. The van der Waals surface area contributed by atoms with E-state index in [4.69, 9.17) is 0 Å². The monoisotopic (exact) mass is 595 g/mol. The van der Waals surface area contributed by atoms with Crippen molar-refractivity contribution in [2.24, 2.45) is 0 Å². The normalized spacial score (nSPS) is 12.8. The lowest BCUT2D eigenvalue weighted by Gasteiger charge is -2.33. The third kappa shape index (κ3) is 8.36. The van der Waals surface area contributed by atoms with Gasteiger partial charge in [0.1, 0.15) is 12.6 Å². The highest BCUT2D eigenvalue weighted by Crippen LogP contribution is 2.27. The van der Waals surface area contributed by atoms with E-state index in [1.807, 2.05) is 77.3 Å². The topological polar surface area (TPSA) is 86.8 Å². The molecule has 0 heterocycles. The fourth-order valence-electron chi connectivity index (χ4n) is 4.48. The number of carbonyl (C=O) groups is 2. The summed E-state index contributed by atoms with van der Waals surface area (Å²) in [6.45, 7) is 9.38. The zero-order valence-corrected chi connectivity index (χ0v) is 26.4. The summed E-state index contributed by atoms with van der Waals surface area (Å²) in [4.78, 5) is 30.1. The van der Waals surface area contributed by atoms with Gasteiger partial charge in [0.15, 0.2) is 0 Å². The average Bonchev–Trinajstić information content (AvgIpc) is 2.96. The van der Waals surface area contributed by atoms with Crippen LogP contribution >= 0.6 is 11.8 Å². The van der Waals surface area contributed by atoms with E-state index < -0.39 is 28.5 Å². The second-order valence-corrected chi connectivity index (χ2v) is 13.0. The van der Waals surface area contributed by atoms with Gasteiger partial charge >= 0.3 is 0 Å². The summed E-state index contributed by atoms with van der Waals surface area (Å²) < 4.78 is 29.2. The number of hydrogen-bond donors (Lipinski definition) is 1. The zero-order chi connectivity index (χ0) is 30.2. The molecule has 3 aromatic rings. The van der Waals surface area contributed by atoms with Crippen molar-refractivity contribution < 1.29 is 18.0 Å². The zero-order valence-electron chi connectivity index (χ0n) is 24.8. The van der Waals surface area contributed by atoms with Crippen molar-refractivity contribution in [3.63, 3.8) is 0 Å². The van der Waals surface area contributed by atoms with Gasteiger partial charge in [-0.2, -0.15) is 0 Å². The molecular weight excluding hydrogens is 555 g/mol. The molecule has 0 bridgehead atoms. The van der Waals surface area contributed by atoms with Crippen LogP contribution < -0.4 is 9.62 Å². The molecule has 0 radical (unpaired) electrons. The highest BCUT2D eigenvalue weighted by Gasteiger charge is 2.34. The molecule has 220 valence electrons. The summed E-state index contributed by atoms with van der Waals surface area (Å²) in [7, 11) is -4.10. The number of benzene rings is 3. The van der Waals surface area contributed by atoms with Crippen LogP contribution in [0.4, 0.5) is 5.69 Å². The van der Waals surface area contributed by atoms with E-state index in [1.54, 1.807) is 36.4 Å². The number of nitrogens with zero attached hydrogens (tertiary/aromatic N) is 2. The molecule has 0 aromatic heterocycles. The van der Waals surface area contributed by atoms with Crippen molar-refractivity contribution in [1.29, 1.82) is 0 Å². The van der Waals surface area contributed by atoms with E-state index in [2.05, 4.69) is 5.32 Å². The first-order chi connectivity index (χ1) is 19.5. The molecule has 2 atom stereocenters. The van der Waals surface area contributed by atoms with E-state index in [0.29, 0.717) is 12.1 Å². The summed E-state index contributed by atoms with van der Waals surface area (Å²) in [6.07, 6.45) is 3.06. The van der Waals surface area contributed by atoms with Gasteiger partial charge in [-0.3, -0.25) is 13.9 Å². The quantitative estimate of drug-likeness (QED) is 0.247. The van der Waals surface area contributed by atoms with Crippen molar-refractivity contribution in [3.8, 4) is 0 Å². The molecule has 0 fully saturated rings. The number of hydrogen-bond acceptors (Lipinski definition) is 5. The molecule has 0 saturated carbocycles. The minimum absolute atomic E-state index is 0.0545. The third-order valence-electron chi connectivity index (χ3n) is 7.07. The lowest BCUT2D eigenvalue weighted by atomic mass is 10.1. The predicted molar refractivity (Wildman–Crippen MR) is 168 cm³/mol. The second-order valence-electron chi connectivity index (χ2n) is 10.3. The van der Waals surface area contributed by atoms with Gasteiger partial charge in [-0.05, 0) is 81.8 Å². The van der Waals surface area contributed by atoms with Crippen LogP contribution in [0.25, 0.3) is 0 Å². The molecule has 1 N–H and O–H groups in total. The number of carbonyl (C=O) groups excluding carboxylic acids is 2. The van der Waals surface area contributed by atoms with Crippen LogP contribution in [-0.2, 0) is 26.2 Å². The van der Waals surface area contributed by atoms with Crippen LogP contribution in [0.3, 0.4) is 0 Å². The highest BCUT2D eigenvalue weighted by molar-refractivity contribution is 7.98. The molecular formula is C32H41N3O4S2. The number of sulfonamides is 1. The van der Waals surface area contributed by atoms with E-state index in [-0.39, 0.29) is 23.4 Å². The van der Waals surface area contributed by atoms with Crippen molar-refractivity contribution in [1.82, 2.24) is 10.2 Å². The summed E-state index contributed by atoms with van der Waals surface area (Å²) in [5.74, 6) is -0.706.